The molecule has 0 aromatic rings. The fourth-order valence-corrected chi connectivity index (χ4v) is 2.84. The van der Waals surface area contributed by atoms with Crippen LogP contribution in [0.3, 0.4) is 0 Å². The average molecular weight is 271 g/mol. The normalized spacial score (nSPS) is 24.5. The summed E-state index contributed by atoms with van der Waals surface area (Å²) in [7, 11) is 1.59. The quantitative estimate of drug-likeness (QED) is 0.706. The minimum absolute atomic E-state index is 0.0153. The number of hydrogen-bond acceptors (Lipinski definition) is 4. The lowest BCUT2D eigenvalue weighted by molar-refractivity contribution is -0.140. The Morgan fingerprint density at radius 3 is 2.53 bits per heavy atom. The predicted octanol–water partition coefficient (Wildman–Crippen LogP) is 0.363. The van der Waals surface area contributed by atoms with E-state index >= 15 is 0 Å². The van der Waals surface area contributed by atoms with Gasteiger partial charge >= 0.3 is 5.97 Å². The van der Waals surface area contributed by atoms with E-state index in [0.717, 1.165) is 19.3 Å². The van der Waals surface area contributed by atoms with Crippen molar-refractivity contribution in [1.82, 2.24) is 4.90 Å². The van der Waals surface area contributed by atoms with E-state index in [9.17, 15) is 9.59 Å². The summed E-state index contributed by atoms with van der Waals surface area (Å²) in [6.07, 6.45) is 2.37. The molecule has 1 atom stereocenters. The molecular formula is C13H21NO5. The highest BCUT2D eigenvalue weighted by Gasteiger charge is 2.59. The molecule has 108 valence electrons. The number of amides is 1. The second kappa shape index (κ2) is 5.88. The molecule has 6 heteroatoms. The van der Waals surface area contributed by atoms with Crippen molar-refractivity contribution in [2.75, 3.05) is 40.0 Å². The summed E-state index contributed by atoms with van der Waals surface area (Å²) in [4.78, 5) is 24.6. The van der Waals surface area contributed by atoms with Crippen LogP contribution in [0.1, 0.15) is 19.3 Å². The van der Waals surface area contributed by atoms with Gasteiger partial charge in [0.15, 0.2) is 0 Å². The van der Waals surface area contributed by atoms with Gasteiger partial charge in [0.1, 0.15) is 6.61 Å². The van der Waals surface area contributed by atoms with Crippen LogP contribution in [0.2, 0.25) is 0 Å². The molecule has 1 aliphatic heterocycles. The molecule has 19 heavy (non-hydrogen) atoms. The van der Waals surface area contributed by atoms with Crippen molar-refractivity contribution in [3.8, 4) is 0 Å². The third kappa shape index (κ3) is 3.25. The molecule has 1 saturated heterocycles. The van der Waals surface area contributed by atoms with Crippen molar-refractivity contribution < 1.29 is 24.2 Å². The molecule has 2 rings (SSSR count). The van der Waals surface area contributed by atoms with Gasteiger partial charge in [0.2, 0.25) is 5.91 Å². The fourth-order valence-electron chi connectivity index (χ4n) is 2.84. The lowest BCUT2D eigenvalue weighted by atomic mass is 9.91. The molecule has 1 heterocycles. The maximum Gasteiger partial charge on any atom is 0.307 e. The standard InChI is InChI=1S/C13H21NO5/c1-18-6-7-19-9-11(15)14-4-2-13(3-5-14)8-10(13)12(16)17/h10H,2-9H2,1H3,(H,16,17). The molecule has 0 radical (unpaired) electrons. The minimum Gasteiger partial charge on any atom is -0.481 e. The molecule has 1 unspecified atom stereocenters. The van der Waals surface area contributed by atoms with Gasteiger partial charge in [0.25, 0.3) is 0 Å². The number of carboxylic acid groups (broad SMARTS) is 1. The molecule has 1 amide bonds. The second-order valence-corrected chi connectivity index (χ2v) is 5.38. The monoisotopic (exact) mass is 271 g/mol. The van der Waals surface area contributed by atoms with Gasteiger partial charge in [0, 0.05) is 20.2 Å². The van der Waals surface area contributed by atoms with Crippen molar-refractivity contribution in [1.29, 1.82) is 0 Å². The molecule has 1 saturated carbocycles. The third-order valence-corrected chi connectivity index (χ3v) is 4.26. The molecule has 1 spiro atoms. The summed E-state index contributed by atoms with van der Waals surface area (Å²) in [5.74, 6) is -0.899. The average Bonchev–Trinajstić information content (AvgIpc) is 3.10. The van der Waals surface area contributed by atoms with Crippen molar-refractivity contribution in [3.63, 3.8) is 0 Å². The first kappa shape index (κ1) is 14.3. The summed E-state index contributed by atoms with van der Waals surface area (Å²) in [6.45, 7) is 2.28. The van der Waals surface area contributed by atoms with Gasteiger partial charge in [0.05, 0.1) is 19.1 Å². The van der Waals surface area contributed by atoms with Gasteiger partial charge in [-0.3, -0.25) is 9.59 Å². The first-order chi connectivity index (χ1) is 9.09. The number of rotatable bonds is 6. The summed E-state index contributed by atoms with van der Waals surface area (Å²) in [5, 5.41) is 9.00. The van der Waals surface area contributed by atoms with Gasteiger partial charge < -0.3 is 19.5 Å². The van der Waals surface area contributed by atoms with Crippen molar-refractivity contribution in [3.05, 3.63) is 0 Å². The zero-order valence-corrected chi connectivity index (χ0v) is 11.3. The van der Waals surface area contributed by atoms with E-state index in [-0.39, 0.29) is 23.8 Å². The Hall–Kier alpha value is -1.14. The van der Waals surface area contributed by atoms with Crippen LogP contribution in [-0.4, -0.2) is 61.9 Å². The summed E-state index contributed by atoms with van der Waals surface area (Å²) in [6, 6.07) is 0. The minimum atomic E-state index is -0.692. The van der Waals surface area contributed by atoms with E-state index in [2.05, 4.69) is 0 Å². The van der Waals surface area contributed by atoms with Gasteiger partial charge in [-0.15, -0.1) is 0 Å². The van der Waals surface area contributed by atoms with Gasteiger partial charge in [-0.1, -0.05) is 0 Å². The van der Waals surface area contributed by atoms with Crippen LogP contribution in [0.4, 0.5) is 0 Å². The smallest absolute Gasteiger partial charge is 0.307 e. The maximum absolute atomic E-state index is 11.9. The number of methoxy groups -OCH3 is 1. The second-order valence-electron chi connectivity index (χ2n) is 5.38. The Labute approximate surface area is 112 Å². The van der Waals surface area contributed by atoms with Gasteiger partial charge in [-0.05, 0) is 24.7 Å². The van der Waals surface area contributed by atoms with E-state index in [1.54, 1.807) is 12.0 Å². The van der Waals surface area contributed by atoms with Crippen LogP contribution in [0.5, 0.6) is 0 Å². The number of hydrogen-bond donors (Lipinski definition) is 1. The van der Waals surface area contributed by atoms with Crippen LogP contribution in [0, 0.1) is 11.3 Å². The lowest BCUT2D eigenvalue weighted by Gasteiger charge is -2.32. The van der Waals surface area contributed by atoms with Gasteiger partial charge in [-0.25, -0.2) is 0 Å². The third-order valence-electron chi connectivity index (χ3n) is 4.26. The number of carbonyl (C=O) groups excluding carboxylic acids is 1. The zero-order valence-electron chi connectivity index (χ0n) is 11.3. The number of carboxylic acids is 1. The highest BCUT2D eigenvalue weighted by Crippen LogP contribution is 2.59. The molecular weight excluding hydrogens is 250 g/mol. The highest BCUT2D eigenvalue weighted by atomic mass is 16.5. The van der Waals surface area contributed by atoms with Crippen LogP contribution in [0.15, 0.2) is 0 Å². The maximum atomic E-state index is 11.9. The molecule has 2 fully saturated rings. The zero-order chi connectivity index (χ0) is 13.9. The number of carbonyl (C=O) groups is 2. The largest absolute Gasteiger partial charge is 0.481 e. The Bertz CT molecular complexity index is 349. The Kier molecular flexibility index (Phi) is 4.42. The molecule has 6 nitrogen and oxygen atoms in total. The van der Waals surface area contributed by atoms with Crippen molar-refractivity contribution >= 4 is 11.9 Å². The summed E-state index contributed by atoms with van der Waals surface area (Å²) < 4.78 is 10.0. The van der Waals surface area contributed by atoms with E-state index in [0.29, 0.717) is 26.3 Å². The predicted molar refractivity (Wildman–Crippen MR) is 66.7 cm³/mol. The van der Waals surface area contributed by atoms with Crippen LogP contribution < -0.4 is 0 Å². The van der Waals surface area contributed by atoms with E-state index in [1.165, 1.54) is 0 Å². The highest BCUT2D eigenvalue weighted by molar-refractivity contribution is 5.78. The molecule has 1 N–H and O–H groups in total. The number of ether oxygens (including phenoxy) is 2. The fraction of sp³-hybridized carbons (Fsp3) is 0.846. The lowest BCUT2D eigenvalue weighted by Crippen LogP contribution is -2.41. The first-order valence-electron chi connectivity index (χ1n) is 6.66. The van der Waals surface area contributed by atoms with E-state index in [1.807, 2.05) is 0 Å². The Balaban J connectivity index is 1.69. The topological polar surface area (TPSA) is 76.1 Å². The summed E-state index contributed by atoms with van der Waals surface area (Å²) >= 11 is 0. The molecule has 1 aliphatic carbocycles. The number of piperidine rings is 1. The summed E-state index contributed by atoms with van der Waals surface area (Å²) in [5.41, 5.74) is -0.0283. The molecule has 0 aromatic heterocycles. The molecule has 0 aromatic carbocycles. The van der Waals surface area contributed by atoms with Crippen molar-refractivity contribution in [2.24, 2.45) is 11.3 Å². The van der Waals surface area contributed by atoms with Crippen LogP contribution in [-0.2, 0) is 19.1 Å². The molecule has 2 aliphatic rings. The Morgan fingerprint density at radius 1 is 1.32 bits per heavy atom. The first-order valence-corrected chi connectivity index (χ1v) is 6.66. The van der Waals surface area contributed by atoms with E-state index in [4.69, 9.17) is 14.6 Å². The number of aliphatic carboxylic acids is 1. The molecule has 0 bridgehead atoms. The SMILES string of the molecule is COCCOCC(=O)N1CCC2(CC1)CC2C(=O)O. The van der Waals surface area contributed by atoms with Crippen LogP contribution >= 0.6 is 0 Å². The van der Waals surface area contributed by atoms with Crippen molar-refractivity contribution in [2.45, 2.75) is 19.3 Å². The van der Waals surface area contributed by atoms with E-state index < -0.39 is 5.97 Å². The Morgan fingerprint density at radius 2 is 2.00 bits per heavy atom. The van der Waals surface area contributed by atoms with Crippen LogP contribution in [0.25, 0.3) is 0 Å². The number of nitrogens with zero attached hydrogens (tertiary/aromatic N) is 1. The van der Waals surface area contributed by atoms with Gasteiger partial charge in [-0.2, -0.15) is 0 Å². The number of likely N-dealkylation sites (tertiary alicyclic amines) is 1.